The third-order valence-corrected chi connectivity index (χ3v) is 1.81. The maximum atomic E-state index is 11.8. The first-order valence-electron chi connectivity index (χ1n) is 5.24. The first-order valence-corrected chi connectivity index (χ1v) is 5.24. The lowest BCUT2D eigenvalue weighted by molar-refractivity contribution is -0.154. The normalized spacial score (nSPS) is 11.5. The van der Waals surface area contributed by atoms with Crippen molar-refractivity contribution in [1.82, 2.24) is 15.5 Å². The molecule has 0 spiro atoms. The standard InChI is InChI=1S/C10H14F3N3O/c1-2-5-14-6-8-3-4-9(16-15-8)17-7-10(11,12)13/h3-4,14H,2,5-7H2,1H3. The van der Waals surface area contributed by atoms with E-state index in [0.29, 0.717) is 12.2 Å². The zero-order chi connectivity index (χ0) is 12.7. The van der Waals surface area contributed by atoms with E-state index in [0.717, 1.165) is 13.0 Å². The number of nitrogens with one attached hydrogen (secondary N) is 1. The van der Waals surface area contributed by atoms with E-state index in [1.807, 2.05) is 6.92 Å². The van der Waals surface area contributed by atoms with Crippen molar-refractivity contribution in [3.05, 3.63) is 17.8 Å². The fraction of sp³-hybridized carbons (Fsp3) is 0.600. The molecule has 0 aromatic carbocycles. The molecule has 0 saturated carbocycles. The van der Waals surface area contributed by atoms with Crippen molar-refractivity contribution in [2.75, 3.05) is 13.2 Å². The second kappa shape index (κ2) is 6.39. The maximum Gasteiger partial charge on any atom is 0.422 e. The Morgan fingerprint density at radius 3 is 2.59 bits per heavy atom. The van der Waals surface area contributed by atoms with Gasteiger partial charge in [0, 0.05) is 12.6 Å². The quantitative estimate of drug-likeness (QED) is 0.782. The van der Waals surface area contributed by atoms with E-state index in [-0.39, 0.29) is 5.88 Å². The number of alkyl halides is 3. The van der Waals surface area contributed by atoms with Crippen molar-refractivity contribution in [1.29, 1.82) is 0 Å². The predicted molar refractivity (Wildman–Crippen MR) is 55.6 cm³/mol. The molecule has 0 radical (unpaired) electrons. The molecule has 0 atom stereocenters. The molecule has 96 valence electrons. The topological polar surface area (TPSA) is 47.0 Å². The Labute approximate surface area is 97.2 Å². The highest BCUT2D eigenvalue weighted by Crippen LogP contribution is 2.16. The molecule has 1 heterocycles. The Morgan fingerprint density at radius 1 is 1.29 bits per heavy atom. The highest BCUT2D eigenvalue weighted by Gasteiger charge is 2.28. The number of aromatic nitrogens is 2. The summed E-state index contributed by atoms with van der Waals surface area (Å²) in [7, 11) is 0. The van der Waals surface area contributed by atoms with Crippen LogP contribution in [0.2, 0.25) is 0 Å². The zero-order valence-electron chi connectivity index (χ0n) is 9.42. The molecule has 1 rings (SSSR count). The van der Waals surface area contributed by atoms with E-state index >= 15 is 0 Å². The third kappa shape index (κ3) is 6.06. The minimum Gasteiger partial charge on any atom is -0.467 e. The molecule has 0 unspecified atom stereocenters. The van der Waals surface area contributed by atoms with Gasteiger partial charge >= 0.3 is 6.18 Å². The molecule has 0 aliphatic carbocycles. The Hall–Kier alpha value is -1.37. The second-order valence-electron chi connectivity index (χ2n) is 3.44. The van der Waals surface area contributed by atoms with Crippen LogP contribution in [0.1, 0.15) is 19.0 Å². The summed E-state index contributed by atoms with van der Waals surface area (Å²) in [5, 5.41) is 10.4. The molecule has 0 bridgehead atoms. The average molecular weight is 249 g/mol. The molecule has 4 nitrogen and oxygen atoms in total. The lowest BCUT2D eigenvalue weighted by Gasteiger charge is -2.08. The van der Waals surface area contributed by atoms with Crippen LogP contribution in [-0.4, -0.2) is 29.5 Å². The largest absolute Gasteiger partial charge is 0.467 e. The van der Waals surface area contributed by atoms with Crippen LogP contribution in [0.25, 0.3) is 0 Å². The lowest BCUT2D eigenvalue weighted by Crippen LogP contribution is -2.20. The van der Waals surface area contributed by atoms with Crippen molar-refractivity contribution in [3.8, 4) is 5.88 Å². The van der Waals surface area contributed by atoms with Crippen molar-refractivity contribution >= 4 is 0 Å². The summed E-state index contributed by atoms with van der Waals surface area (Å²) in [5.41, 5.74) is 0.665. The van der Waals surface area contributed by atoms with E-state index in [1.165, 1.54) is 6.07 Å². The van der Waals surface area contributed by atoms with Gasteiger partial charge in [-0.25, -0.2) is 0 Å². The Kier molecular flexibility index (Phi) is 5.14. The van der Waals surface area contributed by atoms with Gasteiger partial charge in [-0.15, -0.1) is 5.10 Å². The fourth-order valence-electron chi connectivity index (χ4n) is 1.07. The van der Waals surface area contributed by atoms with Crippen LogP contribution in [0.15, 0.2) is 12.1 Å². The van der Waals surface area contributed by atoms with E-state index in [4.69, 9.17) is 0 Å². The van der Waals surface area contributed by atoms with Crippen molar-refractivity contribution in [3.63, 3.8) is 0 Å². The first kappa shape index (κ1) is 13.7. The molecule has 0 aliphatic heterocycles. The fourth-order valence-corrected chi connectivity index (χ4v) is 1.07. The van der Waals surface area contributed by atoms with E-state index in [9.17, 15) is 13.2 Å². The monoisotopic (exact) mass is 249 g/mol. The number of nitrogens with zero attached hydrogens (tertiary/aromatic N) is 2. The van der Waals surface area contributed by atoms with Gasteiger partial charge in [0.1, 0.15) is 0 Å². The molecule has 0 amide bonds. The van der Waals surface area contributed by atoms with Gasteiger partial charge in [0.2, 0.25) is 5.88 Å². The van der Waals surface area contributed by atoms with Gasteiger partial charge in [0.15, 0.2) is 6.61 Å². The predicted octanol–water partition coefficient (Wildman–Crippen LogP) is 1.92. The van der Waals surface area contributed by atoms with Gasteiger partial charge in [-0.3, -0.25) is 0 Å². The van der Waals surface area contributed by atoms with Crippen LogP contribution in [0.5, 0.6) is 5.88 Å². The molecule has 0 aliphatic rings. The van der Waals surface area contributed by atoms with Crippen LogP contribution in [0.4, 0.5) is 13.2 Å². The smallest absolute Gasteiger partial charge is 0.422 e. The Balaban J connectivity index is 2.39. The van der Waals surface area contributed by atoms with E-state index < -0.39 is 12.8 Å². The van der Waals surface area contributed by atoms with E-state index in [2.05, 4.69) is 20.3 Å². The third-order valence-electron chi connectivity index (χ3n) is 1.81. The number of hydrogen-bond acceptors (Lipinski definition) is 4. The summed E-state index contributed by atoms with van der Waals surface area (Å²) in [6, 6.07) is 2.96. The summed E-state index contributed by atoms with van der Waals surface area (Å²) in [5.74, 6) is -0.124. The highest BCUT2D eigenvalue weighted by molar-refractivity contribution is 5.11. The number of hydrogen-bond donors (Lipinski definition) is 1. The van der Waals surface area contributed by atoms with Crippen LogP contribution >= 0.6 is 0 Å². The van der Waals surface area contributed by atoms with Gasteiger partial charge in [0.05, 0.1) is 5.69 Å². The maximum absolute atomic E-state index is 11.8. The van der Waals surface area contributed by atoms with Gasteiger partial charge in [-0.05, 0) is 19.0 Å². The summed E-state index contributed by atoms with van der Waals surface area (Å²) >= 11 is 0. The van der Waals surface area contributed by atoms with Gasteiger partial charge in [-0.2, -0.15) is 18.3 Å². The summed E-state index contributed by atoms with van der Waals surface area (Å²) in [4.78, 5) is 0. The van der Waals surface area contributed by atoms with Crippen molar-refractivity contribution < 1.29 is 17.9 Å². The molecule has 0 saturated heterocycles. The van der Waals surface area contributed by atoms with Gasteiger partial charge in [-0.1, -0.05) is 6.92 Å². The van der Waals surface area contributed by atoms with Gasteiger partial charge < -0.3 is 10.1 Å². The molecule has 1 aromatic heterocycles. The highest BCUT2D eigenvalue weighted by atomic mass is 19.4. The average Bonchev–Trinajstić information content (AvgIpc) is 2.27. The minimum atomic E-state index is -4.36. The van der Waals surface area contributed by atoms with Crippen molar-refractivity contribution in [2.45, 2.75) is 26.1 Å². The molecular formula is C10H14F3N3O. The zero-order valence-corrected chi connectivity index (χ0v) is 9.42. The second-order valence-corrected chi connectivity index (χ2v) is 3.44. The number of ether oxygens (including phenoxy) is 1. The molecule has 1 aromatic rings. The molecule has 17 heavy (non-hydrogen) atoms. The molecule has 7 heteroatoms. The summed E-state index contributed by atoms with van der Waals surface area (Å²) < 4.78 is 40.0. The number of rotatable bonds is 6. The Bertz CT molecular complexity index is 327. The van der Waals surface area contributed by atoms with Crippen molar-refractivity contribution in [2.24, 2.45) is 0 Å². The van der Waals surface area contributed by atoms with Crippen LogP contribution < -0.4 is 10.1 Å². The Morgan fingerprint density at radius 2 is 2.06 bits per heavy atom. The summed E-state index contributed by atoms with van der Waals surface area (Å²) in [6.45, 7) is 2.08. The number of halogens is 3. The van der Waals surface area contributed by atoms with E-state index in [1.54, 1.807) is 6.07 Å². The lowest BCUT2D eigenvalue weighted by atomic mass is 10.3. The SMILES string of the molecule is CCCNCc1ccc(OCC(F)(F)F)nn1. The van der Waals surface area contributed by atoms with Crippen LogP contribution in [0, 0.1) is 0 Å². The molecular weight excluding hydrogens is 235 g/mol. The van der Waals surface area contributed by atoms with Gasteiger partial charge in [0.25, 0.3) is 0 Å². The summed E-state index contributed by atoms with van der Waals surface area (Å²) in [6.07, 6.45) is -3.36. The van der Waals surface area contributed by atoms with Crippen LogP contribution in [-0.2, 0) is 6.54 Å². The van der Waals surface area contributed by atoms with Crippen LogP contribution in [0.3, 0.4) is 0 Å². The molecule has 0 fully saturated rings. The first-order chi connectivity index (χ1) is 8.01. The minimum absolute atomic E-state index is 0.124. The molecule has 1 N–H and O–H groups in total.